The summed E-state index contributed by atoms with van der Waals surface area (Å²) in [7, 11) is 0. The third kappa shape index (κ3) is 2.42. The lowest BCUT2D eigenvalue weighted by Gasteiger charge is -2.32. The maximum Gasteiger partial charge on any atom is 0.253 e. The number of nitrogens with zero attached hydrogens (tertiary/aromatic N) is 1. The molecule has 0 aliphatic carbocycles. The van der Waals surface area contributed by atoms with Gasteiger partial charge in [0.15, 0.2) is 11.6 Å². The second-order valence-electron chi connectivity index (χ2n) is 3.77. The summed E-state index contributed by atoms with van der Waals surface area (Å²) in [6.45, 7) is 0.425. The number of ether oxygens (including phenoxy) is 1. The fourth-order valence-corrected chi connectivity index (χ4v) is 1.67. The van der Waals surface area contributed by atoms with Crippen molar-refractivity contribution in [1.29, 1.82) is 0 Å². The lowest BCUT2D eigenvalue weighted by Crippen LogP contribution is -2.49. The van der Waals surface area contributed by atoms with Crippen LogP contribution in [0.2, 0.25) is 0 Å². The van der Waals surface area contributed by atoms with E-state index in [1.54, 1.807) is 0 Å². The standard InChI is InChI=1S/C11H12F2N2O2/c12-9-2-1-7(3-10(9)13)15-5-8(4-14)17-6-11(15)16/h1-3,8H,4-6,14H2. The van der Waals surface area contributed by atoms with Gasteiger partial charge in [-0.1, -0.05) is 0 Å². The van der Waals surface area contributed by atoms with Crippen LogP contribution in [0.25, 0.3) is 0 Å². The van der Waals surface area contributed by atoms with E-state index < -0.39 is 11.6 Å². The van der Waals surface area contributed by atoms with Crippen molar-refractivity contribution in [3.05, 3.63) is 29.8 Å². The van der Waals surface area contributed by atoms with Gasteiger partial charge >= 0.3 is 0 Å². The highest BCUT2D eigenvalue weighted by Crippen LogP contribution is 2.20. The van der Waals surface area contributed by atoms with Gasteiger partial charge in [0.2, 0.25) is 0 Å². The smallest absolute Gasteiger partial charge is 0.253 e. The average molecular weight is 242 g/mol. The number of carbonyl (C=O) groups is 1. The molecule has 2 rings (SSSR count). The summed E-state index contributed by atoms with van der Waals surface area (Å²) in [5, 5.41) is 0. The Hall–Kier alpha value is -1.53. The summed E-state index contributed by atoms with van der Waals surface area (Å²) in [6, 6.07) is 3.34. The molecule has 17 heavy (non-hydrogen) atoms. The van der Waals surface area contributed by atoms with Crippen molar-refractivity contribution >= 4 is 11.6 Å². The first kappa shape index (κ1) is 11.9. The van der Waals surface area contributed by atoms with Gasteiger partial charge in [-0.25, -0.2) is 8.78 Å². The van der Waals surface area contributed by atoms with E-state index in [1.807, 2.05) is 0 Å². The molecule has 1 atom stereocenters. The van der Waals surface area contributed by atoms with Crippen LogP contribution < -0.4 is 10.6 Å². The van der Waals surface area contributed by atoms with Crippen LogP contribution in [0.3, 0.4) is 0 Å². The second-order valence-corrected chi connectivity index (χ2v) is 3.77. The molecule has 1 aliphatic heterocycles. The summed E-state index contributed by atoms with van der Waals surface area (Å²) in [6.07, 6.45) is -0.277. The van der Waals surface area contributed by atoms with Crippen LogP contribution in [0.5, 0.6) is 0 Å². The van der Waals surface area contributed by atoms with E-state index in [9.17, 15) is 13.6 Å². The van der Waals surface area contributed by atoms with Crippen molar-refractivity contribution in [2.45, 2.75) is 6.10 Å². The van der Waals surface area contributed by atoms with Crippen molar-refractivity contribution in [2.24, 2.45) is 5.73 Å². The Balaban J connectivity index is 2.24. The minimum absolute atomic E-state index is 0.0964. The third-order valence-corrected chi connectivity index (χ3v) is 2.61. The van der Waals surface area contributed by atoms with Gasteiger partial charge in [0.05, 0.1) is 12.6 Å². The number of morpholine rings is 1. The number of amides is 1. The molecular weight excluding hydrogens is 230 g/mol. The first-order chi connectivity index (χ1) is 8.11. The van der Waals surface area contributed by atoms with Crippen molar-refractivity contribution in [3.8, 4) is 0 Å². The molecule has 1 aromatic carbocycles. The van der Waals surface area contributed by atoms with E-state index in [1.165, 1.54) is 11.0 Å². The summed E-state index contributed by atoms with van der Waals surface area (Å²) >= 11 is 0. The predicted octanol–water partition coefficient (Wildman–Crippen LogP) is 0.655. The molecule has 4 nitrogen and oxygen atoms in total. The molecule has 0 radical (unpaired) electrons. The van der Waals surface area contributed by atoms with Crippen LogP contribution in [0.1, 0.15) is 0 Å². The highest BCUT2D eigenvalue weighted by molar-refractivity contribution is 5.94. The molecule has 0 aromatic heterocycles. The molecule has 2 N–H and O–H groups in total. The van der Waals surface area contributed by atoms with Gasteiger partial charge in [0.25, 0.3) is 5.91 Å². The molecule has 1 fully saturated rings. The first-order valence-electron chi connectivity index (χ1n) is 5.19. The Bertz CT molecular complexity index is 439. The van der Waals surface area contributed by atoms with Crippen LogP contribution in [-0.2, 0) is 9.53 Å². The fraction of sp³-hybridized carbons (Fsp3) is 0.364. The maximum atomic E-state index is 13.1. The zero-order valence-electron chi connectivity index (χ0n) is 9.03. The number of hydrogen-bond acceptors (Lipinski definition) is 3. The molecule has 92 valence electrons. The van der Waals surface area contributed by atoms with Crippen molar-refractivity contribution in [1.82, 2.24) is 0 Å². The van der Waals surface area contributed by atoms with Crippen LogP contribution >= 0.6 is 0 Å². The minimum atomic E-state index is -0.980. The fourth-order valence-electron chi connectivity index (χ4n) is 1.67. The van der Waals surface area contributed by atoms with Gasteiger partial charge in [-0.3, -0.25) is 4.79 Å². The lowest BCUT2D eigenvalue weighted by molar-refractivity contribution is -0.128. The molecule has 1 amide bonds. The molecular formula is C11H12F2N2O2. The maximum absolute atomic E-state index is 13.1. The number of anilines is 1. The summed E-state index contributed by atoms with van der Waals surface area (Å²) in [4.78, 5) is 12.9. The number of nitrogens with two attached hydrogens (primary N) is 1. The SMILES string of the molecule is NCC1CN(c2ccc(F)c(F)c2)C(=O)CO1. The van der Waals surface area contributed by atoms with Crippen LogP contribution in [0.15, 0.2) is 18.2 Å². The monoisotopic (exact) mass is 242 g/mol. The Labute approximate surface area is 97.0 Å². The zero-order chi connectivity index (χ0) is 12.4. The topological polar surface area (TPSA) is 55.6 Å². The number of halogens is 2. The number of carbonyl (C=O) groups excluding carboxylic acids is 1. The van der Waals surface area contributed by atoms with E-state index in [0.717, 1.165) is 12.1 Å². The molecule has 0 spiro atoms. The van der Waals surface area contributed by atoms with Crippen molar-refractivity contribution in [2.75, 3.05) is 24.6 Å². The van der Waals surface area contributed by atoms with Crippen molar-refractivity contribution < 1.29 is 18.3 Å². The Kier molecular flexibility index (Phi) is 3.35. The van der Waals surface area contributed by atoms with Crippen LogP contribution in [0.4, 0.5) is 14.5 Å². The van der Waals surface area contributed by atoms with E-state index in [2.05, 4.69) is 0 Å². The number of rotatable bonds is 2. The van der Waals surface area contributed by atoms with Gasteiger partial charge in [0, 0.05) is 18.3 Å². The van der Waals surface area contributed by atoms with Gasteiger partial charge in [-0.05, 0) is 12.1 Å². The van der Waals surface area contributed by atoms with Crippen molar-refractivity contribution in [3.63, 3.8) is 0 Å². The van der Waals surface area contributed by atoms with E-state index in [-0.39, 0.29) is 31.7 Å². The summed E-state index contributed by atoms with van der Waals surface area (Å²) < 4.78 is 31.0. The molecule has 1 aliphatic rings. The van der Waals surface area contributed by atoms with Gasteiger partial charge in [-0.2, -0.15) is 0 Å². The lowest BCUT2D eigenvalue weighted by atomic mass is 10.2. The van der Waals surface area contributed by atoms with Gasteiger partial charge < -0.3 is 15.4 Å². The normalized spacial score (nSPS) is 20.8. The summed E-state index contributed by atoms with van der Waals surface area (Å²) in [5.41, 5.74) is 5.76. The van der Waals surface area contributed by atoms with Crippen LogP contribution in [-0.4, -0.2) is 31.7 Å². The van der Waals surface area contributed by atoms with E-state index >= 15 is 0 Å². The molecule has 1 unspecified atom stereocenters. The largest absolute Gasteiger partial charge is 0.365 e. The quantitative estimate of drug-likeness (QED) is 0.828. The highest BCUT2D eigenvalue weighted by Gasteiger charge is 2.27. The Morgan fingerprint density at radius 2 is 2.18 bits per heavy atom. The minimum Gasteiger partial charge on any atom is -0.365 e. The van der Waals surface area contributed by atoms with E-state index in [4.69, 9.17) is 10.5 Å². The molecule has 0 saturated carbocycles. The van der Waals surface area contributed by atoms with Gasteiger partial charge in [0.1, 0.15) is 6.61 Å². The molecule has 1 aromatic rings. The predicted molar refractivity (Wildman–Crippen MR) is 57.5 cm³/mol. The van der Waals surface area contributed by atoms with E-state index in [0.29, 0.717) is 5.69 Å². The van der Waals surface area contributed by atoms with Gasteiger partial charge in [-0.15, -0.1) is 0 Å². The number of hydrogen-bond donors (Lipinski definition) is 1. The molecule has 1 heterocycles. The third-order valence-electron chi connectivity index (χ3n) is 2.61. The molecule has 6 heteroatoms. The first-order valence-corrected chi connectivity index (χ1v) is 5.19. The highest BCUT2D eigenvalue weighted by atomic mass is 19.2. The summed E-state index contributed by atoms with van der Waals surface area (Å²) in [5.74, 6) is -2.21. The van der Waals surface area contributed by atoms with Crippen LogP contribution in [0, 0.1) is 11.6 Å². The number of benzene rings is 1. The Morgan fingerprint density at radius 3 is 2.82 bits per heavy atom. The molecule has 1 saturated heterocycles. The second kappa shape index (κ2) is 4.77. The Morgan fingerprint density at radius 1 is 1.41 bits per heavy atom. The molecule has 0 bridgehead atoms. The zero-order valence-corrected chi connectivity index (χ0v) is 9.03. The average Bonchev–Trinajstić information content (AvgIpc) is 2.33.